The van der Waals surface area contributed by atoms with Gasteiger partial charge in [-0.3, -0.25) is 4.79 Å². The highest BCUT2D eigenvalue weighted by Crippen LogP contribution is 2.14. The standard InChI is InChI=1S/C18H21N3O3/c1-23-16-5-3-15(4-6-16)18(22)20-13-14-2-7-17(19-12-14)21-8-10-24-11-9-21/h2-7,12H,8-11,13H2,1H3,(H,20,22). The van der Waals surface area contributed by atoms with Crippen LogP contribution in [0, 0.1) is 0 Å². The number of carbonyl (C=O) groups excluding carboxylic acids is 1. The van der Waals surface area contributed by atoms with Crippen molar-refractivity contribution in [1.82, 2.24) is 10.3 Å². The van der Waals surface area contributed by atoms with Crippen LogP contribution >= 0.6 is 0 Å². The van der Waals surface area contributed by atoms with E-state index in [4.69, 9.17) is 9.47 Å². The Morgan fingerprint density at radius 3 is 2.58 bits per heavy atom. The summed E-state index contributed by atoms with van der Waals surface area (Å²) in [5.41, 5.74) is 1.57. The number of ether oxygens (including phenoxy) is 2. The van der Waals surface area contributed by atoms with Gasteiger partial charge < -0.3 is 19.7 Å². The molecule has 1 aliphatic heterocycles. The molecule has 126 valence electrons. The molecular weight excluding hydrogens is 306 g/mol. The van der Waals surface area contributed by atoms with Gasteiger partial charge in [0.15, 0.2) is 0 Å². The van der Waals surface area contributed by atoms with Crippen LogP contribution in [0.25, 0.3) is 0 Å². The second kappa shape index (κ2) is 7.79. The van der Waals surface area contributed by atoms with E-state index in [1.807, 2.05) is 12.1 Å². The fraction of sp³-hybridized carbons (Fsp3) is 0.333. The molecule has 24 heavy (non-hydrogen) atoms. The maximum Gasteiger partial charge on any atom is 0.251 e. The molecule has 0 unspecified atom stereocenters. The van der Waals surface area contributed by atoms with Crippen LogP contribution in [-0.2, 0) is 11.3 Å². The fourth-order valence-electron chi connectivity index (χ4n) is 2.53. The van der Waals surface area contributed by atoms with Gasteiger partial charge in [0.1, 0.15) is 11.6 Å². The summed E-state index contributed by atoms with van der Waals surface area (Å²) >= 11 is 0. The molecule has 6 heteroatoms. The van der Waals surface area contributed by atoms with Crippen molar-refractivity contribution in [3.63, 3.8) is 0 Å². The van der Waals surface area contributed by atoms with Gasteiger partial charge in [-0.2, -0.15) is 0 Å². The van der Waals surface area contributed by atoms with Gasteiger partial charge in [-0.25, -0.2) is 4.98 Å². The van der Waals surface area contributed by atoms with Crippen molar-refractivity contribution in [2.75, 3.05) is 38.3 Å². The molecule has 0 spiro atoms. The zero-order valence-corrected chi connectivity index (χ0v) is 13.7. The fourth-order valence-corrected chi connectivity index (χ4v) is 2.53. The van der Waals surface area contributed by atoms with E-state index >= 15 is 0 Å². The topological polar surface area (TPSA) is 63.7 Å². The van der Waals surface area contributed by atoms with Crippen molar-refractivity contribution in [2.24, 2.45) is 0 Å². The van der Waals surface area contributed by atoms with Gasteiger partial charge in [-0.1, -0.05) is 6.07 Å². The Hall–Kier alpha value is -2.60. The summed E-state index contributed by atoms with van der Waals surface area (Å²) in [5, 5.41) is 2.90. The first-order valence-corrected chi connectivity index (χ1v) is 7.96. The average Bonchev–Trinajstić information content (AvgIpc) is 2.67. The van der Waals surface area contributed by atoms with E-state index in [-0.39, 0.29) is 5.91 Å². The third-order valence-corrected chi connectivity index (χ3v) is 3.95. The Bertz CT molecular complexity index is 665. The lowest BCUT2D eigenvalue weighted by atomic mass is 10.2. The summed E-state index contributed by atoms with van der Waals surface area (Å²) in [6.45, 7) is 3.64. The van der Waals surface area contributed by atoms with E-state index in [1.54, 1.807) is 37.6 Å². The molecule has 1 saturated heterocycles. The number of aromatic nitrogens is 1. The molecule has 2 heterocycles. The van der Waals surface area contributed by atoms with E-state index in [0.29, 0.717) is 12.1 Å². The maximum atomic E-state index is 12.1. The summed E-state index contributed by atoms with van der Waals surface area (Å²) in [6.07, 6.45) is 1.80. The largest absolute Gasteiger partial charge is 0.497 e. The Morgan fingerprint density at radius 2 is 1.96 bits per heavy atom. The SMILES string of the molecule is COc1ccc(C(=O)NCc2ccc(N3CCOCC3)nc2)cc1. The highest BCUT2D eigenvalue weighted by Gasteiger charge is 2.12. The van der Waals surface area contributed by atoms with Crippen LogP contribution in [0.15, 0.2) is 42.6 Å². The van der Waals surface area contributed by atoms with Gasteiger partial charge >= 0.3 is 0 Å². The van der Waals surface area contributed by atoms with Crippen LogP contribution in [0.4, 0.5) is 5.82 Å². The third-order valence-electron chi connectivity index (χ3n) is 3.95. The zero-order valence-electron chi connectivity index (χ0n) is 13.7. The van der Waals surface area contributed by atoms with Crippen molar-refractivity contribution in [3.05, 3.63) is 53.7 Å². The molecule has 1 fully saturated rings. The van der Waals surface area contributed by atoms with E-state index < -0.39 is 0 Å². The molecular formula is C18H21N3O3. The Kier molecular flexibility index (Phi) is 5.28. The molecule has 0 radical (unpaired) electrons. The van der Waals surface area contributed by atoms with Crippen LogP contribution in [-0.4, -0.2) is 44.3 Å². The monoisotopic (exact) mass is 327 g/mol. The molecule has 0 atom stereocenters. The van der Waals surface area contributed by atoms with Crippen LogP contribution in [0.5, 0.6) is 5.75 Å². The van der Waals surface area contributed by atoms with Crippen molar-refractivity contribution >= 4 is 11.7 Å². The molecule has 1 aromatic heterocycles. The second-order valence-corrected chi connectivity index (χ2v) is 5.54. The van der Waals surface area contributed by atoms with Gasteiger partial charge in [0.25, 0.3) is 5.91 Å². The number of pyridine rings is 1. The summed E-state index contributed by atoms with van der Waals surface area (Å²) in [4.78, 5) is 18.8. The summed E-state index contributed by atoms with van der Waals surface area (Å²) in [6, 6.07) is 11.0. The van der Waals surface area contributed by atoms with Gasteiger partial charge in [0.05, 0.1) is 20.3 Å². The van der Waals surface area contributed by atoms with E-state index in [1.165, 1.54) is 0 Å². The van der Waals surface area contributed by atoms with Gasteiger partial charge in [-0.15, -0.1) is 0 Å². The number of methoxy groups -OCH3 is 1. The number of hydrogen-bond acceptors (Lipinski definition) is 5. The van der Waals surface area contributed by atoms with Gasteiger partial charge in [0.2, 0.25) is 0 Å². The van der Waals surface area contributed by atoms with Gasteiger partial charge in [0, 0.05) is 31.4 Å². The Morgan fingerprint density at radius 1 is 1.21 bits per heavy atom. The number of amides is 1. The van der Waals surface area contributed by atoms with E-state index in [9.17, 15) is 4.79 Å². The molecule has 3 rings (SSSR count). The normalized spacial score (nSPS) is 14.3. The minimum atomic E-state index is -0.116. The van der Waals surface area contributed by atoms with Crippen LogP contribution < -0.4 is 15.0 Å². The average molecular weight is 327 g/mol. The highest BCUT2D eigenvalue weighted by molar-refractivity contribution is 5.94. The summed E-state index contributed by atoms with van der Waals surface area (Å²) in [5.74, 6) is 1.56. The van der Waals surface area contributed by atoms with Crippen molar-refractivity contribution in [3.8, 4) is 5.75 Å². The molecule has 0 saturated carbocycles. The number of anilines is 1. The Labute approximate surface area is 141 Å². The first-order chi connectivity index (χ1) is 11.8. The van der Waals surface area contributed by atoms with Crippen LogP contribution in [0.1, 0.15) is 15.9 Å². The predicted molar refractivity (Wildman–Crippen MR) is 91.4 cm³/mol. The third kappa shape index (κ3) is 4.02. The first-order valence-electron chi connectivity index (χ1n) is 7.96. The van der Waals surface area contributed by atoms with Crippen molar-refractivity contribution in [2.45, 2.75) is 6.54 Å². The smallest absolute Gasteiger partial charge is 0.251 e. The lowest BCUT2D eigenvalue weighted by molar-refractivity contribution is 0.0951. The van der Waals surface area contributed by atoms with Crippen molar-refractivity contribution < 1.29 is 14.3 Å². The number of benzene rings is 1. The summed E-state index contributed by atoms with van der Waals surface area (Å²) in [7, 11) is 1.60. The number of nitrogens with zero attached hydrogens (tertiary/aromatic N) is 2. The number of morpholine rings is 1. The quantitative estimate of drug-likeness (QED) is 0.908. The van der Waals surface area contributed by atoms with Crippen LogP contribution in [0.2, 0.25) is 0 Å². The maximum absolute atomic E-state index is 12.1. The highest BCUT2D eigenvalue weighted by atomic mass is 16.5. The zero-order chi connectivity index (χ0) is 16.8. The minimum Gasteiger partial charge on any atom is -0.497 e. The molecule has 6 nitrogen and oxygen atoms in total. The van der Waals surface area contributed by atoms with Crippen LogP contribution in [0.3, 0.4) is 0 Å². The number of carbonyl (C=O) groups is 1. The first kappa shape index (κ1) is 16.3. The molecule has 1 aromatic carbocycles. The second-order valence-electron chi connectivity index (χ2n) is 5.54. The Balaban J connectivity index is 1.54. The molecule has 0 bridgehead atoms. The minimum absolute atomic E-state index is 0.116. The number of rotatable bonds is 5. The molecule has 2 aromatic rings. The molecule has 1 amide bonds. The lowest BCUT2D eigenvalue weighted by Gasteiger charge is -2.27. The molecule has 0 aliphatic carbocycles. The van der Waals surface area contributed by atoms with E-state index in [2.05, 4.69) is 15.2 Å². The molecule has 1 aliphatic rings. The molecule has 1 N–H and O–H groups in total. The predicted octanol–water partition coefficient (Wildman–Crippen LogP) is 1.86. The summed E-state index contributed by atoms with van der Waals surface area (Å²) < 4.78 is 10.4. The van der Waals surface area contributed by atoms with Crippen molar-refractivity contribution in [1.29, 1.82) is 0 Å². The lowest BCUT2D eigenvalue weighted by Crippen LogP contribution is -2.36. The van der Waals surface area contributed by atoms with E-state index in [0.717, 1.165) is 43.4 Å². The van der Waals surface area contributed by atoms with Gasteiger partial charge in [-0.05, 0) is 35.9 Å². The number of hydrogen-bond donors (Lipinski definition) is 1. The number of nitrogens with one attached hydrogen (secondary N) is 1.